The summed E-state index contributed by atoms with van der Waals surface area (Å²) in [6.45, 7) is 2.05. The highest BCUT2D eigenvalue weighted by atomic mass is 32.2. The van der Waals surface area contributed by atoms with Gasteiger partial charge in [0.1, 0.15) is 17.1 Å². The van der Waals surface area contributed by atoms with Crippen LogP contribution in [0.2, 0.25) is 0 Å². The van der Waals surface area contributed by atoms with Crippen LogP contribution in [-0.4, -0.2) is 44.8 Å². The normalized spacial score (nSPS) is 17.7. The van der Waals surface area contributed by atoms with E-state index in [4.69, 9.17) is 4.74 Å². The van der Waals surface area contributed by atoms with Crippen LogP contribution in [0.15, 0.2) is 115 Å². The van der Waals surface area contributed by atoms with Crippen LogP contribution in [0.5, 0.6) is 0 Å². The molecular formula is C35H33N3O4S. The molecule has 8 heteroatoms. The standard InChI is InChI=1S/C35H31N3O4S.H2/c1-2-23-18-19-28(36-21-23)27-22-43-34-30(37-29(39)20-24-12-6-3-7-13-24)33(40)38(34)31(27)35(41)42-32(25-14-8-4-9-15-25)26-16-10-5-11-17-26;/h3-19,21,30,32,34H,2,20,22H2,1H3,(H,37,39);1H/t30-,34-;/m1./s1. The van der Waals surface area contributed by atoms with E-state index in [1.54, 1.807) is 6.20 Å². The van der Waals surface area contributed by atoms with E-state index >= 15 is 0 Å². The molecule has 2 atom stereocenters. The van der Waals surface area contributed by atoms with Gasteiger partial charge in [0, 0.05) is 18.9 Å². The van der Waals surface area contributed by atoms with Gasteiger partial charge in [0.15, 0.2) is 6.10 Å². The fourth-order valence-electron chi connectivity index (χ4n) is 5.37. The number of thioether (sulfide) groups is 1. The molecule has 0 unspecified atom stereocenters. The van der Waals surface area contributed by atoms with E-state index in [-0.39, 0.29) is 25.4 Å². The van der Waals surface area contributed by atoms with Crippen LogP contribution in [0.1, 0.15) is 42.4 Å². The molecule has 1 N–H and O–H groups in total. The Bertz CT molecular complexity index is 1610. The summed E-state index contributed by atoms with van der Waals surface area (Å²) in [5.74, 6) is -0.760. The predicted octanol–water partition coefficient (Wildman–Crippen LogP) is 5.58. The van der Waals surface area contributed by atoms with E-state index < -0.39 is 23.5 Å². The highest BCUT2D eigenvalue weighted by molar-refractivity contribution is 8.00. The molecule has 3 aromatic carbocycles. The van der Waals surface area contributed by atoms with Gasteiger partial charge in [-0.25, -0.2) is 4.79 Å². The fourth-order valence-corrected chi connectivity index (χ4v) is 6.73. The van der Waals surface area contributed by atoms with Gasteiger partial charge in [-0.2, -0.15) is 0 Å². The number of nitrogens with zero attached hydrogens (tertiary/aromatic N) is 2. The van der Waals surface area contributed by atoms with Crippen molar-refractivity contribution in [1.29, 1.82) is 0 Å². The summed E-state index contributed by atoms with van der Waals surface area (Å²) >= 11 is 1.50. The Balaban J connectivity index is 0.00000384. The molecule has 43 heavy (non-hydrogen) atoms. The van der Waals surface area contributed by atoms with Crippen molar-refractivity contribution in [3.8, 4) is 0 Å². The molecule has 3 heterocycles. The van der Waals surface area contributed by atoms with Crippen LogP contribution >= 0.6 is 11.8 Å². The lowest BCUT2D eigenvalue weighted by Gasteiger charge is -2.49. The number of aromatic nitrogens is 1. The van der Waals surface area contributed by atoms with E-state index in [1.807, 2.05) is 103 Å². The number of hydrogen-bond acceptors (Lipinski definition) is 6. The van der Waals surface area contributed by atoms with Crippen LogP contribution in [0, 0.1) is 0 Å². The van der Waals surface area contributed by atoms with Crippen molar-refractivity contribution in [2.45, 2.75) is 37.3 Å². The van der Waals surface area contributed by atoms with Crippen LogP contribution in [0.25, 0.3) is 5.57 Å². The number of rotatable bonds is 9. The minimum Gasteiger partial charge on any atom is -0.448 e. The third kappa shape index (κ3) is 5.96. The second-order valence-electron chi connectivity index (χ2n) is 10.5. The number of amides is 2. The molecular weight excluding hydrogens is 558 g/mol. The van der Waals surface area contributed by atoms with Gasteiger partial charge in [-0.1, -0.05) is 104 Å². The lowest BCUT2D eigenvalue weighted by molar-refractivity contribution is -0.154. The van der Waals surface area contributed by atoms with Gasteiger partial charge in [-0.15, -0.1) is 11.8 Å². The van der Waals surface area contributed by atoms with Crippen molar-refractivity contribution in [2.24, 2.45) is 0 Å². The molecule has 2 aliphatic rings. The molecule has 0 saturated carbocycles. The Morgan fingerprint density at radius 3 is 2.14 bits per heavy atom. The molecule has 1 saturated heterocycles. The quantitative estimate of drug-likeness (QED) is 0.202. The first kappa shape index (κ1) is 28.4. The summed E-state index contributed by atoms with van der Waals surface area (Å²) in [6.07, 6.45) is 2.12. The molecule has 6 rings (SSSR count). The first-order chi connectivity index (χ1) is 21.0. The highest BCUT2D eigenvalue weighted by Gasteiger charge is 2.55. The fraction of sp³-hybridized carbons (Fsp3) is 0.200. The van der Waals surface area contributed by atoms with E-state index in [0.29, 0.717) is 17.0 Å². The summed E-state index contributed by atoms with van der Waals surface area (Å²) in [6, 6.07) is 31.6. The van der Waals surface area contributed by atoms with Crippen molar-refractivity contribution in [2.75, 3.05) is 5.75 Å². The molecule has 0 bridgehead atoms. The lowest BCUT2D eigenvalue weighted by Crippen LogP contribution is -2.70. The summed E-state index contributed by atoms with van der Waals surface area (Å²) in [5, 5.41) is 2.46. The van der Waals surface area contributed by atoms with Crippen LogP contribution in [0.3, 0.4) is 0 Å². The van der Waals surface area contributed by atoms with E-state index in [1.165, 1.54) is 16.7 Å². The zero-order valence-electron chi connectivity index (χ0n) is 23.7. The van der Waals surface area contributed by atoms with E-state index in [2.05, 4.69) is 17.2 Å². The molecule has 1 fully saturated rings. The minimum atomic E-state index is -0.736. The molecule has 218 valence electrons. The van der Waals surface area contributed by atoms with Crippen LogP contribution in [0.4, 0.5) is 0 Å². The van der Waals surface area contributed by atoms with Gasteiger partial charge >= 0.3 is 5.97 Å². The average Bonchev–Trinajstić information content (AvgIpc) is 3.06. The zero-order chi connectivity index (χ0) is 29.8. The number of nitrogens with one attached hydrogen (secondary N) is 1. The summed E-state index contributed by atoms with van der Waals surface area (Å²) in [5.41, 5.74) is 5.00. The van der Waals surface area contributed by atoms with Crippen molar-refractivity contribution >= 4 is 35.1 Å². The second-order valence-corrected chi connectivity index (χ2v) is 11.6. The molecule has 2 aliphatic heterocycles. The van der Waals surface area contributed by atoms with Crippen LogP contribution < -0.4 is 5.32 Å². The van der Waals surface area contributed by atoms with Crippen LogP contribution in [-0.2, 0) is 32.0 Å². The topological polar surface area (TPSA) is 88.6 Å². The number of esters is 1. The van der Waals surface area contributed by atoms with Crippen molar-refractivity contribution < 1.29 is 20.5 Å². The lowest BCUT2D eigenvalue weighted by atomic mass is 9.99. The van der Waals surface area contributed by atoms with Crippen molar-refractivity contribution in [3.63, 3.8) is 0 Å². The number of fused-ring (bicyclic) bond motifs is 1. The largest absolute Gasteiger partial charge is 0.448 e. The van der Waals surface area contributed by atoms with Gasteiger partial charge in [0.25, 0.3) is 5.91 Å². The van der Waals surface area contributed by atoms with Crippen molar-refractivity contribution in [1.82, 2.24) is 15.2 Å². The first-order valence-electron chi connectivity index (χ1n) is 14.3. The number of aryl methyl sites for hydroxylation is 1. The monoisotopic (exact) mass is 591 g/mol. The highest BCUT2D eigenvalue weighted by Crippen LogP contribution is 2.44. The van der Waals surface area contributed by atoms with Gasteiger partial charge in [0.2, 0.25) is 5.91 Å². The van der Waals surface area contributed by atoms with Crippen molar-refractivity contribution in [3.05, 3.63) is 143 Å². The zero-order valence-corrected chi connectivity index (χ0v) is 24.5. The molecule has 0 radical (unpaired) electrons. The smallest absolute Gasteiger partial charge is 0.356 e. The molecule has 2 amide bonds. The second kappa shape index (κ2) is 12.7. The minimum absolute atomic E-state index is 0. The summed E-state index contributed by atoms with van der Waals surface area (Å²) in [7, 11) is 0. The molecule has 0 aliphatic carbocycles. The SMILES string of the molecule is CCc1ccc(C2=C(C(=O)OC(c3ccccc3)c3ccccc3)N3C(=O)[C@@H](NC(=O)Cc4ccccc4)[C@H]3SC2)nc1.[HH]. The predicted molar refractivity (Wildman–Crippen MR) is 169 cm³/mol. The number of ether oxygens (including phenoxy) is 1. The maximum atomic E-state index is 14.2. The number of β-lactam (4-membered cyclic amide) rings is 1. The number of carbonyl (C=O) groups excluding carboxylic acids is 3. The average molecular weight is 592 g/mol. The Morgan fingerprint density at radius 2 is 1.56 bits per heavy atom. The summed E-state index contributed by atoms with van der Waals surface area (Å²) in [4.78, 5) is 46.8. The van der Waals surface area contributed by atoms with Gasteiger partial charge < -0.3 is 10.1 Å². The maximum absolute atomic E-state index is 14.2. The molecule has 7 nitrogen and oxygen atoms in total. The number of pyridine rings is 1. The van der Waals surface area contributed by atoms with Gasteiger partial charge in [0.05, 0.1) is 12.1 Å². The Morgan fingerprint density at radius 1 is 0.930 bits per heavy atom. The maximum Gasteiger partial charge on any atom is 0.356 e. The number of benzene rings is 3. The number of hydrogen-bond donors (Lipinski definition) is 1. The number of carbonyl (C=O) groups is 3. The third-order valence-electron chi connectivity index (χ3n) is 7.66. The Hall–Kier alpha value is -4.69. The van der Waals surface area contributed by atoms with E-state index in [9.17, 15) is 14.4 Å². The molecule has 0 spiro atoms. The third-order valence-corrected chi connectivity index (χ3v) is 8.94. The van der Waals surface area contributed by atoms with E-state index in [0.717, 1.165) is 28.7 Å². The van der Waals surface area contributed by atoms with Gasteiger partial charge in [-0.05, 0) is 34.7 Å². The molecule has 1 aromatic heterocycles. The van der Waals surface area contributed by atoms with Gasteiger partial charge in [-0.3, -0.25) is 19.5 Å². The Kier molecular flexibility index (Phi) is 8.38. The summed E-state index contributed by atoms with van der Waals surface area (Å²) < 4.78 is 6.24. The first-order valence-corrected chi connectivity index (χ1v) is 15.4. The molecule has 4 aromatic rings. The Labute approximate surface area is 256 Å².